The molecule has 0 spiro atoms. The Morgan fingerprint density at radius 1 is 1.04 bits per heavy atom. The molecule has 0 aliphatic carbocycles. The number of carbonyl (C=O) groups is 5. The molecule has 0 aromatic heterocycles. The number of rotatable bonds is 9. The fraction of sp³-hybridized carbons (Fsp3) is 0.667. The number of carbonyl (C=O) groups excluding carboxylic acids is 4. The number of imide groups is 1. The molecule has 0 aromatic carbocycles. The molecule has 0 unspecified atom stereocenters. The van der Waals surface area contributed by atoms with Gasteiger partial charge in [0.15, 0.2) is 0 Å². The fourth-order valence-electron chi connectivity index (χ4n) is 1.93. The summed E-state index contributed by atoms with van der Waals surface area (Å²) in [6.07, 6.45) is -0.928. The van der Waals surface area contributed by atoms with Gasteiger partial charge >= 0.3 is 5.97 Å². The van der Waals surface area contributed by atoms with Crippen LogP contribution in [0.2, 0.25) is 0 Å². The van der Waals surface area contributed by atoms with E-state index in [0.29, 0.717) is 11.4 Å². The van der Waals surface area contributed by atoms with Crippen LogP contribution in [0.5, 0.6) is 0 Å². The second-order valence-electron chi connectivity index (χ2n) is 5.59. The highest BCUT2D eigenvalue weighted by Gasteiger charge is 2.33. The second kappa shape index (κ2) is 10.4. The van der Waals surface area contributed by atoms with Crippen molar-refractivity contribution in [2.45, 2.75) is 58.7 Å². The highest BCUT2D eigenvalue weighted by atomic mass is 16.4. The largest absolute Gasteiger partial charge is 0.481 e. The van der Waals surface area contributed by atoms with E-state index >= 15 is 0 Å². The molecule has 0 rings (SSSR count). The van der Waals surface area contributed by atoms with Gasteiger partial charge in [-0.05, 0) is 27.7 Å². The van der Waals surface area contributed by atoms with Crippen molar-refractivity contribution in [2.75, 3.05) is 6.54 Å². The van der Waals surface area contributed by atoms with Crippen LogP contribution in [0.1, 0.15) is 40.5 Å². The normalized spacial score (nSPS) is 14.0. The van der Waals surface area contributed by atoms with Crippen LogP contribution < -0.4 is 16.4 Å². The molecule has 0 bridgehead atoms. The summed E-state index contributed by atoms with van der Waals surface area (Å²) in [5.41, 5.74) is 5.50. The standard InChI is InChI=1S/C15H26N4O6/c1-5-17-13(23)9(3)18-14(24)10(4)19(15(25)8(2)16)11(20)6-7-12(21)22/h8-10H,5-7,16H2,1-4H3,(H,17,23)(H,18,24)(H,21,22)/t8-,9-,10-/m0/s1. The Hall–Kier alpha value is -2.49. The zero-order valence-electron chi connectivity index (χ0n) is 14.9. The van der Waals surface area contributed by atoms with Crippen LogP contribution >= 0.6 is 0 Å². The number of carboxylic acids is 1. The number of hydrogen-bond acceptors (Lipinski definition) is 6. The average Bonchev–Trinajstić information content (AvgIpc) is 2.52. The summed E-state index contributed by atoms with van der Waals surface area (Å²) < 4.78 is 0. The summed E-state index contributed by atoms with van der Waals surface area (Å²) in [6.45, 7) is 6.22. The minimum Gasteiger partial charge on any atom is -0.481 e. The van der Waals surface area contributed by atoms with Gasteiger partial charge in [0.2, 0.25) is 23.6 Å². The first-order chi connectivity index (χ1) is 11.5. The number of hydrogen-bond donors (Lipinski definition) is 4. The molecular weight excluding hydrogens is 332 g/mol. The zero-order valence-corrected chi connectivity index (χ0v) is 14.9. The Labute approximate surface area is 146 Å². The van der Waals surface area contributed by atoms with Gasteiger partial charge in [-0.15, -0.1) is 0 Å². The van der Waals surface area contributed by atoms with Gasteiger partial charge in [-0.25, -0.2) is 0 Å². The molecule has 10 heteroatoms. The SMILES string of the molecule is CCNC(=O)[C@H](C)NC(=O)[C@H](C)N(C(=O)CCC(=O)O)C(=O)[C@H](C)N. The molecule has 3 atom stereocenters. The van der Waals surface area contributed by atoms with Crippen LogP contribution in [0.15, 0.2) is 0 Å². The number of nitrogens with two attached hydrogens (primary N) is 1. The van der Waals surface area contributed by atoms with E-state index in [1.165, 1.54) is 20.8 Å². The number of nitrogens with zero attached hydrogens (tertiary/aromatic N) is 1. The van der Waals surface area contributed by atoms with Crippen molar-refractivity contribution in [3.05, 3.63) is 0 Å². The molecule has 0 fully saturated rings. The lowest BCUT2D eigenvalue weighted by molar-refractivity contribution is -0.153. The third-order valence-electron chi connectivity index (χ3n) is 3.32. The van der Waals surface area contributed by atoms with E-state index in [1.807, 2.05) is 0 Å². The van der Waals surface area contributed by atoms with Crippen LogP contribution in [0, 0.1) is 0 Å². The maximum Gasteiger partial charge on any atom is 0.303 e. The summed E-state index contributed by atoms with van der Waals surface area (Å²) in [6, 6.07) is -3.15. The molecule has 0 aliphatic rings. The number of likely N-dealkylation sites (N-methyl/N-ethyl adjacent to an activating group) is 1. The first-order valence-corrected chi connectivity index (χ1v) is 7.94. The van der Waals surface area contributed by atoms with Gasteiger partial charge < -0.3 is 21.5 Å². The monoisotopic (exact) mass is 358 g/mol. The molecule has 0 aliphatic heterocycles. The molecule has 0 radical (unpaired) electrons. The summed E-state index contributed by atoms with van der Waals surface area (Å²) in [5.74, 6) is -3.97. The summed E-state index contributed by atoms with van der Waals surface area (Å²) in [7, 11) is 0. The second-order valence-corrected chi connectivity index (χ2v) is 5.59. The van der Waals surface area contributed by atoms with Gasteiger partial charge in [0.25, 0.3) is 0 Å². The van der Waals surface area contributed by atoms with Crippen molar-refractivity contribution < 1.29 is 29.1 Å². The Bertz CT molecular complexity index is 534. The van der Waals surface area contributed by atoms with E-state index in [-0.39, 0.29) is 0 Å². The van der Waals surface area contributed by atoms with Gasteiger partial charge in [0.1, 0.15) is 12.1 Å². The lowest BCUT2D eigenvalue weighted by atomic mass is 10.1. The van der Waals surface area contributed by atoms with E-state index in [9.17, 15) is 24.0 Å². The van der Waals surface area contributed by atoms with Crippen molar-refractivity contribution in [1.29, 1.82) is 0 Å². The smallest absolute Gasteiger partial charge is 0.303 e. The minimum absolute atomic E-state index is 0.386. The predicted molar refractivity (Wildman–Crippen MR) is 88.1 cm³/mol. The van der Waals surface area contributed by atoms with E-state index in [4.69, 9.17) is 10.8 Å². The number of amides is 4. The molecule has 4 amide bonds. The Balaban J connectivity index is 5.19. The van der Waals surface area contributed by atoms with Crippen LogP contribution in [0.4, 0.5) is 0 Å². The molecule has 25 heavy (non-hydrogen) atoms. The molecule has 142 valence electrons. The van der Waals surface area contributed by atoms with E-state index in [2.05, 4.69) is 10.6 Å². The van der Waals surface area contributed by atoms with Crippen molar-refractivity contribution >= 4 is 29.6 Å². The molecule has 0 heterocycles. The summed E-state index contributed by atoms with van der Waals surface area (Å²) in [5, 5.41) is 13.6. The number of aliphatic carboxylic acids is 1. The van der Waals surface area contributed by atoms with Gasteiger partial charge in [-0.2, -0.15) is 0 Å². The number of carboxylic acid groups (broad SMARTS) is 1. The Morgan fingerprint density at radius 3 is 2.04 bits per heavy atom. The molecular formula is C15H26N4O6. The van der Waals surface area contributed by atoms with Gasteiger partial charge in [0.05, 0.1) is 12.5 Å². The predicted octanol–water partition coefficient (Wildman–Crippen LogP) is -1.42. The van der Waals surface area contributed by atoms with E-state index < -0.39 is 60.6 Å². The van der Waals surface area contributed by atoms with Crippen LogP contribution in [-0.4, -0.2) is 64.3 Å². The van der Waals surface area contributed by atoms with Gasteiger partial charge in [0, 0.05) is 13.0 Å². The first kappa shape index (κ1) is 22.5. The number of nitrogens with one attached hydrogen (secondary N) is 2. The Kier molecular flexibility index (Phi) is 9.36. The molecule has 0 aromatic rings. The van der Waals surface area contributed by atoms with Crippen LogP contribution in [-0.2, 0) is 24.0 Å². The maximum absolute atomic E-state index is 12.3. The maximum atomic E-state index is 12.3. The highest BCUT2D eigenvalue weighted by Crippen LogP contribution is 2.08. The Morgan fingerprint density at radius 2 is 1.60 bits per heavy atom. The van der Waals surface area contributed by atoms with Gasteiger partial charge in [-0.1, -0.05) is 0 Å². The van der Waals surface area contributed by atoms with E-state index in [1.54, 1.807) is 6.92 Å². The lowest BCUT2D eigenvalue weighted by Gasteiger charge is -2.28. The highest BCUT2D eigenvalue weighted by molar-refractivity contribution is 6.03. The minimum atomic E-state index is -1.24. The lowest BCUT2D eigenvalue weighted by Crippen LogP contribution is -2.57. The van der Waals surface area contributed by atoms with Crippen LogP contribution in [0.25, 0.3) is 0 Å². The van der Waals surface area contributed by atoms with Crippen molar-refractivity contribution in [1.82, 2.24) is 15.5 Å². The third kappa shape index (κ3) is 7.29. The average molecular weight is 358 g/mol. The quantitative estimate of drug-likeness (QED) is 0.394. The van der Waals surface area contributed by atoms with E-state index in [0.717, 1.165) is 0 Å². The first-order valence-electron chi connectivity index (χ1n) is 7.94. The molecule has 0 saturated carbocycles. The third-order valence-corrected chi connectivity index (χ3v) is 3.32. The van der Waals surface area contributed by atoms with Gasteiger partial charge in [-0.3, -0.25) is 28.9 Å². The van der Waals surface area contributed by atoms with Crippen LogP contribution in [0.3, 0.4) is 0 Å². The molecule has 5 N–H and O–H groups in total. The van der Waals surface area contributed by atoms with Crippen molar-refractivity contribution in [3.8, 4) is 0 Å². The molecule has 0 saturated heterocycles. The van der Waals surface area contributed by atoms with Crippen molar-refractivity contribution in [2.24, 2.45) is 5.73 Å². The fourth-order valence-corrected chi connectivity index (χ4v) is 1.93. The van der Waals surface area contributed by atoms with Crippen molar-refractivity contribution in [3.63, 3.8) is 0 Å². The summed E-state index contributed by atoms with van der Waals surface area (Å²) >= 11 is 0. The summed E-state index contributed by atoms with van der Waals surface area (Å²) in [4.78, 5) is 59.6. The topological polar surface area (TPSA) is 159 Å². The molecule has 10 nitrogen and oxygen atoms in total. The zero-order chi connectivity index (χ0) is 19.7.